The summed E-state index contributed by atoms with van der Waals surface area (Å²) >= 11 is 3.04. The first-order valence-corrected chi connectivity index (χ1v) is 11.3. The Bertz CT molecular complexity index is 924. The Morgan fingerprint density at radius 3 is 2.26 bits per heavy atom. The molecule has 0 aromatic carbocycles. The number of esters is 3. The van der Waals surface area contributed by atoms with Crippen molar-refractivity contribution in [3.05, 3.63) is 11.9 Å². The molecule has 15 heteroatoms. The van der Waals surface area contributed by atoms with Gasteiger partial charge in [-0.25, -0.2) is 4.68 Å². The Morgan fingerprint density at radius 2 is 1.71 bits per heavy atom. The lowest BCUT2D eigenvalue weighted by molar-refractivity contribution is -0.239. The third-order valence-corrected chi connectivity index (χ3v) is 5.01. The normalized spacial score (nSPS) is 24.0. The number of amides is 2. The zero-order valence-electron chi connectivity index (χ0n) is 19.0. The lowest BCUT2D eigenvalue weighted by Crippen LogP contribution is -2.64. The van der Waals surface area contributed by atoms with Gasteiger partial charge in [-0.15, -0.1) is 5.10 Å². The molecule has 2 rings (SSSR count). The number of hydrogen-bond donors (Lipinski definition) is 2. The molecule has 0 spiro atoms. The van der Waals surface area contributed by atoms with Crippen LogP contribution in [0.15, 0.2) is 6.20 Å². The Balaban J connectivity index is 2.44. The number of carbonyl (C=O) groups excluding carboxylic acids is 5. The molecule has 1 saturated heterocycles. The zero-order valence-corrected chi connectivity index (χ0v) is 20.6. The van der Waals surface area contributed by atoms with Crippen LogP contribution < -0.4 is 10.6 Å². The van der Waals surface area contributed by atoms with Crippen molar-refractivity contribution in [2.24, 2.45) is 0 Å². The molecule has 188 valence electrons. The van der Waals surface area contributed by atoms with Gasteiger partial charge in [-0.3, -0.25) is 24.0 Å². The summed E-state index contributed by atoms with van der Waals surface area (Å²) in [7, 11) is 0. The second-order valence-corrected chi connectivity index (χ2v) is 7.90. The van der Waals surface area contributed by atoms with Crippen molar-refractivity contribution in [2.75, 3.05) is 11.9 Å². The zero-order chi connectivity index (χ0) is 25.4. The van der Waals surface area contributed by atoms with Crippen molar-refractivity contribution >= 4 is 45.7 Å². The second kappa shape index (κ2) is 12.4. The van der Waals surface area contributed by atoms with E-state index in [0.717, 1.165) is 13.8 Å². The molecule has 0 radical (unpaired) electrons. The van der Waals surface area contributed by atoms with Gasteiger partial charge in [-0.05, 0) is 0 Å². The average molecular weight is 548 g/mol. The van der Waals surface area contributed by atoms with Gasteiger partial charge in [0.15, 0.2) is 18.4 Å². The van der Waals surface area contributed by atoms with Gasteiger partial charge in [0, 0.05) is 27.7 Å². The highest BCUT2D eigenvalue weighted by molar-refractivity contribution is 9.09. The van der Waals surface area contributed by atoms with E-state index < -0.39 is 54.4 Å². The number of nitrogens with zero attached hydrogens (tertiary/aromatic N) is 3. The van der Waals surface area contributed by atoms with E-state index in [-0.39, 0.29) is 24.4 Å². The maximum absolute atomic E-state index is 12.0. The number of rotatable bonds is 9. The molecule has 14 nitrogen and oxygen atoms in total. The molecule has 1 aliphatic heterocycles. The first-order valence-electron chi connectivity index (χ1n) is 10.2. The van der Waals surface area contributed by atoms with Crippen molar-refractivity contribution in [1.29, 1.82) is 0 Å². The van der Waals surface area contributed by atoms with Crippen molar-refractivity contribution < 1.29 is 42.9 Å². The van der Waals surface area contributed by atoms with E-state index in [2.05, 4.69) is 36.9 Å². The van der Waals surface area contributed by atoms with E-state index in [0.29, 0.717) is 5.69 Å². The van der Waals surface area contributed by atoms with Crippen LogP contribution in [0.4, 0.5) is 0 Å². The van der Waals surface area contributed by atoms with Crippen molar-refractivity contribution in [2.45, 2.75) is 64.8 Å². The van der Waals surface area contributed by atoms with E-state index in [1.807, 2.05) is 0 Å². The minimum atomic E-state index is -1.22. The highest BCUT2D eigenvalue weighted by Crippen LogP contribution is 2.32. The molecule has 1 aliphatic rings. The molecular formula is C19H26BrN5O9. The summed E-state index contributed by atoms with van der Waals surface area (Å²) in [6.07, 6.45) is -3.14. The van der Waals surface area contributed by atoms with E-state index in [1.165, 1.54) is 24.7 Å². The molecule has 5 atom stereocenters. The lowest BCUT2D eigenvalue weighted by atomic mass is 9.95. The molecule has 0 unspecified atom stereocenters. The summed E-state index contributed by atoms with van der Waals surface area (Å²) in [5, 5.41) is 13.3. The number of nitrogens with one attached hydrogen (secondary N) is 2. The van der Waals surface area contributed by atoms with Gasteiger partial charge >= 0.3 is 17.9 Å². The van der Waals surface area contributed by atoms with Crippen LogP contribution in [0.25, 0.3) is 0 Å². The average Bonchev–Trinajstić information content (AvgIpc) is 3.21. The summed E-state index contributed by atoms with van der Waals surface area (Å²) < 4.78 is 23.1. The fraction of sp³-hybridized carbons (Fsp3) is 0.632. The monoisotopic (exact) mass is 547 g/mol. The Kier molecular flexibility index (Phi) is 9.92. The first-order chi connectivity index (χ1) is 16.0. The van der Waals surface area contributed by atoms with Gasteiger partial charge in [-0.2, -0.15) is 0 Å². The minimum absolute atomic E-state index is 0.0717. The number of hydrogen-bond acceptors (Lipinski definition) is 11. The third-order valence-electron chi connectivity index (χ3n) is 4.50. The van der Waals surface area contributed by atoms with Crippen LogP contribution >= 0.6 is 15.9 Å². The molecule has 0 aliphatic carbocycles. The van der Waals surface area contributed by atoms with Crippen molar-refractivity contribution in [3.8, 4) is 0 Å². The predicted octanol–water partition coefficient (Wildman–Crippen LogP) is -0.882. The standard InChI is InChI=1S/C19H26BrN5O9/c1-9(26)22-16-18(33-12(4)29)17(32-11(3)28)14(8-31-10(2)27)34-19(16)25-7-13(23-24-25)6-21-15(30)5-20/h7,14,16-19H,5-6,8H2,1-4H3,(H,21,30)(H,22,26)/t14-,16-,17-,18-,19-/m1/s1. The molecule has 0 bridgehead atoms. The summed E-state index contributed by atoms with van der Waals surface area (Å²) in [6.45, 7) is 4.48. The quantitative estimate of drug-likeness (QED) is 0.223. The van der Waals surface area contributed by atoms with Crippen molar-refractivity contribution in [3.63, 3.8) is 0 Å². The van der Waals surface area contributed by atoms with Crippen LogP contribution in [0.5, 0.6) is 0 Å². The van der Waals surface area contributed by atoms with Gasteiger partial charge in [0.25, 0.3) is 0 Å². The van der Waals surface area contributed by atoms with Gasteiger partial charge in [0.2, 0.25) is 11.8 Å². The van der Waals surface area contributed by atoms with Crippen LogP contribution in [-0.2, 0) is 49.5 Å². The molecule has 0 saturated carbocycles. The van der Waals surface area contributed by atoms with Gasteiger partial charge in [-0.1, -0.05) is 21.1 Å². The molecule has 34 heavy (non-hydrogen) atoms. The number of alkyl halides is 1. The number of ether oxygens (including phenoxy) is 4. The summed E-state index contributed by atoms with van der Waals surface area (Å²) in [5.74, 6) is -2.77. The smallest absolute Gasteiger partial charge is 0.303 e. The van der Waals surface area contributed by atoms with E-state index in [1.54, 1.807) is 0 Å². The Hall–Kier alpha value is -3.07. The fourth-order valence-corrected chi connectivity index (χ4v) is 3.49. The summed E-state index contributed by atoms with van der Waals surface area (Å²) in [4.78, 5) is 58.5. The third kappa shape index (κ3) is 7.76. The van der Waals surface area contributed by atoms with Crippen LogP contribution in [0.2, 0.25) is 0 Å². The van der Waals surface area contributed by atoms with E-state index in [4.69, 9.17) is 18.9 Å². The van der Waals surface area contributed by atoms with Crippen molar-refractivity contribution in [1.82, 2.24) is 25.6 Å². The maximum atomic E-state index is 12.0. The molecule has 1 aromatic heterocycles. The van der Waals surface area contributed by atoms with E-state index >= 15 is 0 Å². The second-order valence-electron chi connectivity index (χ2n) is 7.34. The summed E-state index contributed by atoms with van der Waals surface area (Å²) in [6, 6.07) is -1.06. The highest BCUT2D eigenvalue weighted by atomic mass is 79.9. The highest BCUT2D eigenvalue weighted by Gasteiger charge is 2.51. The SMILES string of the molecule is CC(=O)N[C@@H]1[C@@H](OC(C)=O)[C@H](OC(C)=O)[C@@H](COC(C)=O)O[C@H]1n1cc(CNC(=O)CBr)nn1. The molecule has 2 amide bonds. The fourth-order valence-electron chi connectivity index (χ4n) is 3.29. The van der Waals surface area contributed by atoms with Crippen LogP contribution in [0.3, 0.4) is 0 Å². The Labute approximate surface area is 203 Å². The number of halogens is 1. The van der Waals surface area contributed by atoms with Gasteiger partial charge in [0.1, 0.15) is 24.4 Å². The Morgan fingerprint density at radius 1 is 1.06 bits per heavy atom. The van der Waals surface area contributed by atoms with Crippen LogP contribution in [0.1, 0.15) is 39.6 Å². The van der Waals surface area contributed by atoms with E-state index in [9.17, 15) is 24.0 Å². The minimum Gasteiger partial charge on any atom is -0.463 e. The van der Waals surface area contributed by atoms with Crippen LogP contribution in [0, 0.1) is 0 Å². The molecule has 1 aromatic rings. The first kappa shape index (κ1) is 27.2. The molecule has 2 heterocycles. The number of carbonyl (C=O) groups is 5. The van der Waals surface area contributed by atoms with Crippen LogP contribution in [-0.4, -0.2) is 81.0 Å². The summed E-state index contributed by atoms with van der Waals surface area (Å²) in [5.41, 5.74) is 0.377. The molecular weight excluding hydrogens is 522 g/mol. The number of aromatic nitrogens is 3. The molecule has 1 fully saturated rings. The largest absolute Gasteiger partial charge is 0.463 e. The van der Waals surface area contributed by atoms with Gasteiger partial charge in [0.05, 0.1) is 18.1 Å². The maximum Gasteiger partial charge on any atom is 0.303 e. The lowest BCUT2D eigenvalue weighted by Gasteiger charge is -2.45. The van der Waals surface area contributed by atoms with Gasteiger partial charge < -0.3 is 29.6 Å². The topological polar surface area (TPSA) is 177 Å². The predicted molar refractivity (Wildman–Crippen MR) is 115 cm³/mol. The molecule has 2 N–H and O–H groups in total.